The number of sulfonamides is 1. The summed E-state index contributed by atoms with van der Waals surface area (Å²) in [6.45, 7) is 2.50. The van der Waals surface area contributed by atoms with E-state index in [0.29, 0.717) is 29.4 Å². The van der Waals surface area contributed by atoms with Gasteiger partial charge in [-0.05, 0) is 60.9 Å². The highest BCUT2D eigenvalue weighted by Gasteiger charge is 2.19. The van der Waals surface area contributed by atoms with Crippen LogP contribution in [0.3, 0.4) is 0 Å². The Kier molecular flexibility index (Phi) is 5.88. The fraction of sp³-hybridized carbons (Fsp3) is 0.182. The molecule has 0 bridgehead atoms. The molecular weight excluding hydrogens is 437 g/mol. The van der Waals surface area contributed by atoms with Crippen LogP contribution in [-0.4, -0.2) is 26.7 Å². The minimum absolute atomic E-state index is 0.0502. The number of hydrogen-bond donors (Lipinski definition) is 2. The van der Waals surface area contributed by atoms with Crippen molar-refractivity contribution in [3.05, 3.63) is 70.9 Å². The lowest BCUT2D eigenvalue weighted by Crippen LogP contribution is -2.29. The summed E-state index contributed by atoms with van der Waals surface area (Å²) >= 11 is 1.30. The van der Waals surface area contributed by atoms with Crippen molar-refractivity contribution in [3.63, 3.8) is 0 Å². The van der Waals surface area contributed by atoms with Gasteiger partial charge in [0.05, 0.1) is 9.77 Å². The maximum Gasteiger partial charge on any atom is 0.265 e. The van der Waals surface area contributed by atoms with E-state index in [1.807, 2.05) is 6.92 Å². The van der Waals surface area contributed by atoms with Crippen LogP contribution in [0.15, 0.2) is 64.5 Å². The van der Waals surface area contributed by atoms with Gasteiger partial charge in [-0.25, -0.2) is 12.8 Å². The quantitative estimate of drug-likeness (QED) is 0.588. The molecule has 3 aromatic rings. The molecule has 1 aliphatic rings. The number of hydrogen-bond acceptors (Lipinski definition) is 5. The molecule has 9 heteroatoms. The van der Waals surface area contributed by atoms with Crippen molar-refractivity contribution < 1.29 is 17.6 Å². The highest BCUT2D eigenvalue weighted by Crippen LogP contribution is 2.33. The molecule has 0 aliphatic carbocycles. The second kappa shape index (κ2) is 8.60. The van der Waals surface area contributed by atoms with Gasteiger partial charge in [-0.2, -0.15) is 0 Å². The van der Waals surface area contributed by atoms with Crippen LogP contribution in [0.4, 0.5) is 10.1 Å². The average molecular weight is 458 g/mol. The molecule has 2 aromatic carbocycles. The maximum absolute atomic E-state index is 13.2. The first-order valence-corrected chi connectivity index (χ1v) is 12.0. The summed E-state index contributed by atoms with van der Waals surface area (Å²) in [5.74, 6) is -0.207. The third kappa shape index (κ3) is 4.83. The molecule has 31 heavy (non-hydrogen) atoms. The summed E-state index contributed by atoms with van der Waals surface area (Å²) in [6, 6.07) is 14.0. The number of aliphatic imine (C=N–C) groups is 1. The zero-order valence-corrected chi connectivity index (χ0v) is 18.3. The number of carbonyl (C=O) groups is 1. The van der Waals surface area contributed by atoms with E-state index in [1.165, 1.54) is 35.6 Å². The third-order valence-electron chi connectivity index (χ3n) is 4.78. The summed E-state index contributed by atoms with van der Waals surface area (Å²) in [7, 11) is -3.77. The van der Waals surface area contributed by atoms with E-state index in [1.54, 1.807) is 30.3 Å². The van der Waals surface area contributed by atoms with Crippen molar-refractivity contribution in [1.82, 2.24) is 4.72 Å². The number of amides is 1. The fourth-order valence-corrected chi connectivity index (χ4v) is 5.46. The lowest BCUT2D eigenvalue weighted by Gasteiger charge is -2.09. The molecule has 0 radical (unpaired) electrons. The Bertz CT molecular complexity index is 1270. The maximum atomic E-state index is 13.2. The second-order valence-electron chi connectivity index (χ2n) is 7.15. The average Bonchev–Trinajstić information content (AvgIpc) is 3.38. The van der Waals surface area contributed by atoms with Gasteiger partial charge in [-0.15, -0.1) is 11.3 Å². The van der Waals surface area contributed by atoms with Crippen LogP contribution in [0.1, 0.15) is 28.1 Å². The van der Waals surface area contributed by atoms with E-state index in [0.717, 1.165) is 22.4 Å². The first-order chi connectivity index (χ1) is 14.8. The summed E-state index contributed by atoms with van der Waals surface area (Å²) in [5, 5.41) is 2.75. The van der Waals surface area contributed by atoms with Crippen LogP contribution in [0.25, 0.3) is 10.4 Å². The Morgan fingerprint density at radius 2 is 1.90 bits per heavy atom. The molecule has 0 saturated heterocycles. The number of benzene rings is 2. The Labute approximate surface area is 183 Å². The SMILES string of the molecule is Cc1cc(C(=O)Nc2cccc(S(=O)(=O)NC3=NCCC3)c2)sc1-c1ccc(F)cc1. The van der Waals surface area contributed by atoms with E-state index in [2.05, 4.69) is 15.0 Å². The van der Waals surface area contributed by atoms with Gasteiger partial charge in [0.15, 0.2) is 0 Å². The molecule has 0 unspecified atom stereocenters. The molecular formula is C22H20FN3O3S2. The predicted octanol–water partition coefficient (Wildman–Crippen LogP) is 4.59. The number of anilines is 1. The lowest BCUT2D eigenvalue weighted by atomic mass is 10.1. The second-order valence-corrected chi connectivity index (χ2v) is 9.88. The monoisotopic (exact) mass is 457 g/mol. The Morgan fingerprint density at radius 1 is 1.13 bits per heavy atom. The zero-order valence-electron chi connectivity index (χ0n) is 16.7. The van der Waals surface area contributed by atoms with Gasteiger partial charge in [0.2, 0.25) is 0 Å². The number of nitrogens with zero attached hydrogens (tertiary/aromatic N) is 1. The van der Waals surface area contributed by atoms with Crippen molar-refractivity contribution in [2.75, 3.05) is 11.9 Å². The van der Waals surface area contributed by atoms with Gasteiger partial charge >= 0.3 is 0 Å². The highest BCUT2D eigenvalue weighted by atomic mass is 32.2. The number of halogens is 1. The number of nitrogens with one attached hydrogen (secondary N) is 2. The molecule has 6 nitrogen and oxygen atoms in total. The van der Waals surface area contributed by atoms with E-state index in [4.69, 9.17) is 0 Å². The molecule has 160 valence electrons. The minimum Gasteiger partial charge on any atom is -0.321 e. The van der Waals surface area contributed by atoms with Gasteiger partial charge < -0.3 is 5.32 Å². The fourth-order valence-electron chi connectivity index (χ4n) is 3.25. The predicted molar refractivity (Wildman–Crippen MR) is 121 cm³/mol. The van der Waals surface area contributed by atoms with Crippen LogP contribution in [0.5, 0.6) is 0 Å². The number of carbonyl (C=O) groups excluding carboxylic acids is 1. The molecule has 1 amide bonds. The molecule has 0 spiro atoms. The summed E-state index contributed by atoms with van der Waals surface area (Å²) in [5.41, 5.74) is 2.10. The molecule has 2 heterocycles. The smallest absolute Gasteiger partial charge is 0.265 e. The Balaban J connectivity index is 1.52. The van der Waals surface area contributed by atoms with Crippen LogP contribution in [0, 0.1) is 12.7 Å². The van der Waals surface area contributed by atoms with Crippen LogP contribution in [-0.2, 0) is 10.0 Å². The van der Waals surface area contributed by atoms with E-state index in [-0.39, 0.29) is 16.6 Å². The highest BCUT2D eigenvalue weighted by molar-refractivity contribution is 7.90. The van der Waals surface area contributed by atoms with Crippen molar-refractivity contribution in [1.29, 1.82) is 0 Å². The molecule has 1 aromatic heterocycles. The van der Waals surface area contributed by atoms with E-state index >= 15 is 0 Å². The van der Waals surface area contributed by atoms with E-state index in [9.17, 15) is 17.6 Å². The van der Waals surface area contributed by atoms with Gasteiger partial charge in [0.1, 0.15) is 11.7 Å². The zero-order chi connectivity index (χ0) is 22.0. The summed E-state index contributed by atoms with van der Waals surface area (Å²) in [4.78, 5) is 18.3. The van der Waals surface area contributed by atoms with Crippen molar-refractivity contribution in [2.24, 2.45) is 4.99 Å². The number of aryl methyl sites for hydroxylation is 1. The molecule has 1 aliphatic heterocycles. The van der Waals surface area contributed by atoms with Gasteiger partial charge in [-0.1, -0.05) is 18.2 Å². The minimum atomic E-state index is -3.77. The molecule has 0 atom stereocenters. The standard InChI is InChI=1S/C22H20FN3O3S2/c1-14-12-19(30-21(14)15-7-9-16(23)10-8-15)22(27)25-17-4-2-5-18(13-17)31(28,29)26-20-6-3-11-24-20/h2,4-5,7-10,12-13H,3,6,11H2,1H3,(H,24,26)(H,25,27). The summed E-state index contributed by atoms with van der Waals surface area (Å²) in [6.07, 6.45) is 1.43. The number of amidine groups is 1. The largest absolute Gasteiger partial charge is 0.321 e. The van der Waals surface area contributed by atoms with Gasteiger partial charge in [0.25, 0.3) is 15.9 Å². The first-order valence-electron chi connectivity index (χ1n) is 9.66. The molecule has 4 rings (SSSR count). The molecule has 0 fully saturated rings. The third-order valence-corrected chi connectivity index (χ3v) is 7.44. The van der Waals surface area contributed by atoms with E-state index < -0.39 is 10.0 Å². The van der Waals surface area contributed by atoms with Crippen LogP contribution < -0.4 is 10.0 Å². The van der Waals surface area contributed by atoms with Crippen molar-refractivity contribution in [3.8, 4) is 10.4 Å². The number of thiophene rings is 1. The molecule has 2 N–H and O–H groups in total. The van der Waals surface area contributed by atoms with Gasteiger partial charge in [0, 0.05) is 23.5 Å². The van der Waals surface area contributed by atoms with Crippen molar-refractivity contribution in [2.45, 2.75) is 24.7 Å². The van der Waals surface area contributed by atoms with Crippen LogP contribution in [0.2, 0.25) is 0 Å². The lowest BCUT2D eigenvalue weighted by molar-refractivity contribution is 0.103. The topological polar surface area (TPSA) is 87.6 Å². The van der Waals surface area contributed by atoms with Gasteiger partial charge in [-0.3, -0.25) is 14.5 Å². The van der Waals surface area contributed by atoms with Crippen molar-refractivity contribution >= 4 is 38.8 Å². The normalized spacial score (nSPS) is 13.7. The molecule has 0 saturated carbocycles. The Morgan fingerprint density at radius 3 is 2.61 bits per heavy atom. The number of rotatable bonds is 5. The Hall–Kier alpha value is -3.04. The first kappa shape index (κ1) is 21.2. The summed E-state index contributed by atoms with van der Waals surface area (Å²) < 4.78 is 40.9. The van der Waals surface area contributed by atoms with Crippen LogP contribution >= 0.6 is 11.3 Å².